The van der Waals surface area contributed by atoms with Crippen molar-refractivity contribution in [3.8, 4) is 5.75 Å². The number of nitrogens with one attached hydrogen (secondary N) is 2. The van der Waals surface area contributed by atoms with Gasteiger partial charge in [-0.15, -0.1) is 0 Å². The number of aromatic carboxylic acids is 1. The molecule has 196 valence electrons. The second-order valence-electron chi connectivity index (χ2n) is 8.96. The molecule has 2 aromatic heterocycles. The first kappa shape index (κ1) is 26.0. The predicted octanol–water partition coefficient (Wildman–Crippen LogP) is 1.67. The lowest BCUT2D eigenvalue weighted by Gasteiger charge is -2.35. The Morgan fingerprint density at radius 2 is 2.00 bits per heavy atom. The van der Waals surface area contributed by atoms with Crippen molar-refractivity contribution in [2.24, 2.45) is 5.84 Å². The molecule has 0 radical (unpaired) electrons. The SMILES string of the molecule is COc1c(N2CCNC(C)C2)c(F)cc2c(=O)c(C(=O)O)cn(C3CC3)c12.NNC(=O)c1ccncc1. The van der Waals surface area contributed by atoms with Crippen LogP contribution in [0.15, 0.2) is 41.6 Å². The van der Waals surface area contributed by atoms with Crippen LogP contribution in [-0.2, 0) is 0 Å². The maximum absolute atomic E-state index is 15.1. The van der Waals surface area contributed by atoms with Gasteiger partial charge < -0.3 is 24.6 Å². The van der Waals surface area contributed by atoms with Crippen LogP contribution in [-0.4, -0.2) is 59.3 Å². The van der Waals surface area contributed by atoms with Crippen LogP contribution in [0, 0.1) is 5.82 Å². The number of hydrogen-bond acceptors (Lipinski definition) is 8. The Balaban J connectivity index is 0.000000270. The molecule has 1 saturated heterocycles. The number of hydrogen-bond donors (Lipinski definition) is 4. The van der Waals surface area contributed by atoms with Crippen molar-refractivity contribution in [1.82, 2.24) is 20.3 Å². The van der Waals surface area contributed by atoms with E-state index in [0.717, 1.165) is 25.5 Å². The molecule has 5 rings (SSSR count). The van der Waals surface area contributed by atoms with Gasteiger partial charge in [0.25, 0.3) is 5.91 Å². The number of carboxylic acids is 1. The average Bonchev–Trinajstić information content (AvgIpc) is 3.74. The molecule has 1 unspecified atom stereocenters. The number of piperazine rings is 1. The van der Waals surface area contributed by atoms with Gasteiger partial charge in [-0.3, -0.25) is 20.0 Å². The number of carbonyl (C=O) groups is 2. The van der Waals surface area contributed by atoms with Gasteiger partial charge in [0.1, 0.15) is 11.3 Å². The molecule has 1 amide bonds. The van der Waals surface area contributed by atoms with Crippen LogP contribution in [0.25, 0.3) is 10.9 Å². The number of aromatic nitrogens is 2. The van der Waals surface area contributed by atoms with E-state index in [0.29, 0.717) is 35.6 Å². The molecule has 37 heavy (non-hydrogen) atoms. The van der Waals surface area contributed by atoms with Crippen LogP contribution in [0.4, 0.5) is 10.1 Å². The fraction of sp³-hybridized carbons (Fsp3) is 0.360. The molecule has 1 aliphatic heterocycles. The maximum atomic E-state index is 15.1. The summed E-state index contributed by atoms with van der Waals surface area (Å²) in [5.74, 6) is 2.99. The molecular formula is C25H29FN6O5. The third-order valence-corrected chi connectivity index (χ3v) is 6.33. The number of halogens is 1. The van der Waals surface area contributed by atoms with E-state index in [1.807, 2.05) is 17.2 Å². The lowest BCUT2D eigenvalue weighted by molar-refractivity contribution is 0.0694. The minimum Gasteiger partial charge on any atom is -0.492 e. The molecule has 11 nitrogen and oxygen atoms in total. The smallest absolute Gasteiger partial charge is 0.341 e. The topological polar surface area (TPSA) is 152 Å². The quantitative estimate of drug-likeness (QED) is 0.227. The van der Waals surface area contributed by atoms with Crippen LogP contribution < -0.4 is 31.7 Å². The maximum Gasteiger partial charge on any atom is 0.341 e. The van der Waals surface area contributed by atoms with Crippen LogP contribution in [0.3, 0.4) is 0 Å². The zero-order valence-corrected chi connectivity index (χ0v) is 20.5. The molecule has 5 N–H and O–H groups in total. The molecule has 1 aromatic carbocycles. The first-order valence-corrected chi connectivity index (χ1v) is 11.8. The van der Waals surface area contributed by atoms with Gasteiger partial charge in [0.2, 0.25) is 5.43 Å². The summed E-state index contributed by atoms with van der Waals surface area (Å²) >= 11 is 0. The summed E-state index contributed by atoms with van der Waals surface area (Å²) in [6.07, 6.45) is 6.21. The number of nitrogen functional groups attached to an aromatic ring is 1. The lowest BCUT2D eigenvalue weighted by Crippen LogP contribution is -2.49. The van der Waals surface area contributed by atoms with E-state index >= 15 is 4.39 Å². The van der Waals surface area contributed by atoms with Gasteiger partial charge in [0, 0.05) is 55.9 Å². The molecule has 0 spiro atoms. The van der Waals surface area contributed by atoms with E-state index in [1.54, 1.807) is 16.7 Å². The van der Waals surface area contributed by atoms with E-state index in [-0.39, 0.29) is 28.9 Å². The van der Waals surface area contributed by atoms with Gasteiger partial charge in [-0.25, -0.2) is 15.0 Å². The Labute approximate surface area is 212 Å². The number of carboxylic acid groups (broad SMARTS) is 1. The highest BCUT2D eigenvalue weighted by Gasteiger charge is 2.32. The number of amides is 1. The van der Waals surface area contributed by atoms with Gasteiger partial charge in [-0.1, -0.05) is 0 Å². The number of pyridine rings is 2. The number of methoxy groups -OCH3 is 1. The van der Waals surface area contributed by atoms with Crippen molar-refractivity contribution in [1.29, 1.82) is 0 Å². The zero-order chi connectivity index (χ0) is 26.7. The standard InChI is InChI=1S/C19H22FN3O4.C6H7N3O/c1-10-8-22(6-5-21-10)16-14(20)7-12-15(18(16)27-2)23(11-3-4-11)9-13(17(12)24)19(25)26;7-9-6(10)5-1-3-8-4-2-5/h7,9-11,21H,3-6,8H2,1-2H3,(H,25,26);1-4H,7H2,(H,9,10). The van der Waals surface area contributed by atoms with Crippen molar-refractivity contribution < 1.29 is 23.8 Å². The zero-order valence-electron chi connectivity index (χ0n) is 20.5. The number of anilines is 1. The molecule has 1 aliphatic carbocycles. The van der Waals surface area contributed by atoms with E-state index in [9.17, 15) is 19.5 Å². The second-order valence-corrected chi connectivity index (χ2v) is 8.96. The highest BCUT2D eigenvalue weighted by Crippen LogP contribution is 2.43. The van der Waals surface area contributed by atoms with Crippen molar-refractivity contribution in [2.75, 3.05) is 31.6 Å². The molecular weight excluding hydrogens is 483 g/mol. The fourth-order valence-corrected chi connectivity index (χ4v) is 4.45. The number of carbonyl (C=O) groups excluding carboxylic acids is 1. The lowest BCUT2D eigenvalue weighted by atomic mass is 10.1. The molecule has 2 aliphatic rings. The van der Waals surface area contributed by atoms with Crippen LogP contribution in [0.5, 0.6) is 5.75 Å². The summed E-state index contributed by atoms with van der Waals surface area (Å²) in [7, 11) is 1.45. The van der Waals surface area contributed by atoms with E-state index in [2.05, 4.69) is 10.3 Å². The first-order chi connectivity index (χ1) is 17.8. The number of nitrogens with two attached hydrogens (primary N) is 1. The number of hydrazine groups is 1. The Kier molecular flexibility index (Phi) is 7.69. The Bertz CT molecular complexity index is 1380. The Morgan fingerprint density at radius 3 is 2.57 bits per heavy atom. The predicted molar refractivity (Wildman–Crippen MR) is 136 cm³/mol. The van der Waals surface area contributed by atoms with E-state index in [1.165, 1.54) is 25.7 Å². The molecule has 1 atom stereocenters. The van der Waals surface area contributed by atoms with Crippen LogP contribution >= 0.6 is 0 Å². The van der Waals surface area contributed by atoms with E-state index in [4.69, 9.17) is 10.6 Å². The van der Waals surface area contributed by atoms with Crippen molar-refractivity contribution in [2.45, 2.75) is 31.8 Å². The summed E-state index contributed by atoms with van der Waals surface area (Å²) in [6, 6.07) is 4.62. The first-order valence-electron chi connectivity index (χ1n) is 11.8. The summed E-state index contributed by atoms with van der Waals surface area (Å²) < 4.78 is 22.5. The number of benzene rings is 1. The second kappa shape index (κ2) is 10.9. The number of fused-ring (bicyclic) bond motifs is 1. The summed E-state index contributed by atoms with van der Waals surface area (Å²) in [5.41, 5.74) is 2.29. The highest BCUT2D eigenvalue weighted by atomic mass is 19.1. The number of ether oxygens (including phenoxy) is 1. The Hall–Kier alpha value is -4.03. The van der Waals surface area contributed by atoms with Gasteiger partial charge in [0.15, 0.2) is 11.6 Å². The normalized spacial score (nSPS) is 17.1. The molecule has 3 aromatic rings. The molecule has 2 fully saturated rings. The summed E-state index contributed by atoms with van der Waals surface area (Å²) in [4.78, 5) is 40.6. The van der Waals surface area contributed by atoms with Crippen molar-refractivity contribution in [3.05, 3.63) is 64.0 Å². The van der Waals surface area contributed by atoms with E-state index < -0.39 is 17.2 Å². The fourth-order valence-electron chi connectivity index (χ4n) is 4.45. The van der Waals surface area contributed by atoms with Crippen LogP contribution in [0.1, 0.15) is 46.5 Å². The third kappa shape index (κ3) is 5.39. The minimum absolute atomic E-state index is 0.0445. The number of nitrogens with zero attached hydrogens (tertiary/aromatic N) is 3. The molecule has 3 heterocycles. The summed E-state index contributed by atoms with van der Waals surface area (Å²) in [5, 5.41) is 12.7. The van der Waals surface area contributed by atoms with Crippen molar-refractivity contribution >= 4 is 28.5 Å². The minimum atomic E-state index is -1.31. The number of rotatable bonds is 5. The highest BCUT2D eigenvalue weighted by molar-refractivity contribution is 5.97. The average molecular weight is 513 g/mol. The van der Waals surface area contributed by atoms with Gasteiger partial charge >= 0.3 is 5.97 Å². The molecule has 0 bridgehead atoms. The third-order valence-electron chi connectivity index (χ3n) is 6.33. The summed E-state index contributed by atoms with van der Waals surface area (Å²) in [6.45, 7) is 3.97. The largest absolute Gasteiger partial charge is 0.492 e. The van der Waals surface area contributed by atoms with Crippen molar-refractivity contribution in [3.63, 3.8) is 0 Å². The monoisotopic (exact) mass is 512 g/mol. The Morgan fingerprint density at radius 1 is 1.30 bits per heavy atom. The van der Waals surface area contributed by atoms with Gasteiger partial charge in [-0.05, 0) is 38.0 Å². The van der Waals surface area contributed by atoms with Gasteiger partial charge in [-0.2, -0.15) is 0 Å². The molecule has 1 saturated carbocycles. The van der Waals surface area contributed by atoms with Gasteiger partial charge in [0.05, 0.1) is 18.0 Å². The van der Waals surface area contributed by atoms with Crippen LogP contribution in [0.2, 0.25) is 0 Å². The molecule has 12 heteroatoms.